The van der Waals surface area contributed by atoms with Gasteiger partial charge in [0.2, 0.25) is 0 Å². The van der Waals surface area contributed by atoms with E-state index in [0.29, 0.717) is 20.0 Å². The second-order valence-electron chi connectivity index (χ2n) is 4.65. The van der Waals surface area contributed by atoms with Crippen LogP contribution < -0.4 is 0 Å². The maximum atomic E-state index is 5.65. The molecule has 1 unspecified atom stereocenters. The predicted molar refractivity (Wildman–Crippen MR) is 72.0 cm³/mol. The van der Waals surface area contributed by atoms with E-state index in [1.54, 1.807) is 7.11 Å². The Hall–Kier alpha value is -0.200. The van der Waals surface area contributed by atoms with Gasteiger partial charge < -0.3 is 23.7 Å². The SMILES string of the molecule is COCCOCOCCCCCOC1CCCCO1. The lowest BCUT2D eigenvalue weighted by Gasteiger charge is -2.22. The van der Waals surface area contributed by atoms with Gasteiger partial charge in [0.1, 0.15) is 6.79 Å². The lowest BCUT2D eigenvalue weighted by Crippen LogP contribution is -2.22. The van der Waals surface area contributed by atoms with Gasteiger partial charge in [0.15, 0.2) is 6.29 Å². The molecule has 114 valence electrons. The average molecular weight is 276 g/mol. The molecule has 0 bridgehead atoms. The van der Waals surface area contributed by atoms with E-state index in [1.165, 1.54) is 12.8 Å². The van der Waals surface area contributed by atoms with Crippen LogP contribution in [-0.4, -0.2) is 53.2 Å². The number of rotatable bonds is 12. The molecule has 0 aromatic heterocycles. The lowest BCUT2D eigenvalue weighted by atomic mass is 10.2. The molecule has 1 rings (SSSR count). The molecule has 0 saturated carbocycles. The summed E-state index contributed by atoms with van der Waals surface area (Å²) in [4.78, 5) is 0. The van der Waals surface area contributed by atoms with Gasteiger partial charge in [-0.05, 0) is 38.5 Å². The summed E-state index contributed by atoms with van der Waals surface area (Å²) in [6.45, 7) is 3.94. The summed E-state index contributed by atoms with van der Waals surface area (Å²) in [6.07, 6.45) is 6.70. The molecule has 1 atom stereocenters. The summed E-state index contributed by atoms with van der Waals surface area (Å²) >= 11 is 0. The third-order valence-corrected chi connectivity index (χ3v) is 2.97. The lowest BCUT2D eigenvalue weighted by molar-refractivity contribution is -0.162. The fraction of sp³-hybridized carbons (Fsp3) is 1.00. The molecule has 1 fully saturated rings. The van der Waals surface area contributed by atoms with Crippen molar-refractivity contribution in [2.45, 2.75) is 44.8 Å². The second kappa shape index (κ2) is 12.8. The monoisotopic (exact) mass is 276 g/mol. The van der Waals surface area contributed by atoms with Crippen molar-refractivity contribution in [3.05, 3.63) is 0 Å². The first-order valence-electron chi connectivity index (χ1n) is 7.31. The van der Waals surface area contributed by atoms with Gasteiger partial charge in [-0.3, -0.25) is 0 Å². The van der Waals surface area contributed by atoms with Crippen LogP contribution in [0.4, 0.5) is 0 Å². The van der Waals surface area contributed by atoms with E-state index in [0.717, 1.165) is 45.5 Å². The molecule has 1 aliphatic heterocycles. The van der Waals surface area contributed by atoms with Crippen molar-refractivity contribution in [3.8, 4) is 0 Å². The highest BCUT2D eigenvalue weighted by atomic mass is 16.7. The van der Waals surface area contributed by atoms with Crippen LogP contribution in [0.2, 0.25) is 0 Å². The van der Waals surface area contributed by atoms with E-state index < -0.39 is 0 Å². The minimum absolute atomic E-state index is 0.0409. The zero-order chi connectivity index (χ0) is 13.6. The Balaban J connectivity index is 1.71. The first kappa shape index (κ1) is 16.9. The summed E-state index contributed by atoms with van der Waals surface area (Å²) < 4.78 is 26.5. The largest absolute Gasteiger partial charge is 0.382 e. The summed E-state index contributed by atoms with van der Waals surface area (Å²) in [6, 6.07) is 0. The highest BCUT2D eigenvalue weighted by Crippen LogP contribution is 2.14. The van der Waals surface area contributed by atoms with Gasteiger partial charge in [-0.1, -0.05) is 0 Å². The van der Waals surface area contributed by atoms with Gasteiger partial charge in [0.05, 0.1) is 13.2 Å². The van der Waals surface area contributed by atoms with Crippen molar-refractivity contribution >= 4 is 0 Å². The molecule has 0 N–H and O–H groups in total. The number of hydrogen-bond donors (Lipinski definition) is 0. The maximum Gasteiger partial charge on any atom is 0.157 e. The third-order valence-electron chi connectivity index (χ3n) is 2.97. The standard InChI is InChI=1S/C14H28O5/c1-15-11-12-17-13-16-8-4-2-5-9-18-14-7-3-6-10-19-14/h14H,2-13H2,1H3. The highest BCUT2D eigenvalue weighted by molar-refractivity contribution is 4.54. The van der Waals surface area contributed by atoms with Crippen LogP contribution in [0, 0.1) is 0 Å². The molecule has 0 aromatic rings. The molecule has 1 aliphatic rings. The first-order chi connectivity index (χ1) is 9.43. The Labute approximate surface area is 116 Å². The fourth-order valence-corrected chi connectivity index (χ4v) is 1.86. The van der Waals surface area contributed by atoms with Crippen LogP contribution in [0.3, 0.4) is 0 Å². The molecule has 0 spiro atoms. The molecule has 1 heterocycles. The normalized spacial score (nSPS) is 19.7. The molecule has 0 amide bonds. The molecule has 0 radical (unpaired) electrons. The Morgan fingerprint density at radius 3 is 2.58 bits per heavy atom. The van der Waals surface area contributed by atoms with Crippen LogP contribution in [0.15, 0.2) is 0 Å². The third kappa shape index (κ3) is 10.3. The summed E-state index contributed by atoms with van der Waals surface area (Å²) in [5.41, 5.74) is 0. The molecule has 5 nitrogen and oxygen atoms in total. The van der Waals surface area contributed by atoms with Crippen LogP contribution in [-0.2, 0) is 23.7 Å². The zero-order valence-corrected chi connectivity index (χ0v) is 12.1. The van der Waals surface area contributed by atoms with E-state index in [-0.39, 0.29) is 6.29 Å². The summed E-state index contributed by atoms with van der Waals surface area (Å²) in [5.74, 6) is 0. The smallest absolute Gasteiger partial charge is 0.157 e. The highest BCUT2D eigenvalue weighted by Gasteiger charge is 2.13. The topological polar surface area (TPSA) is 46.2 Å². The van der Waals surface area contributed by atoms with Crippen LogP contribution in [0.25, 0.3) is 0 Å². The van der Waals surface area contributed by atoms with Crippen molar-refractivity contribution in [3.63, 3.8) is 0 Å². The molecule has 0 aliphatic carbocycles. The van der Waals surface area contributed by atoms with Crippen molar-refractivity contribution in [1.29, 1.82) is 0 Å². The summed E-state index contributed by atoms with van der Waals surface area (Å²) in [7, 11) is 1.66. The minimum atomic E-state index is 0.0409. The van der Waals surface area contributed by atoms with E-state index >= 15 is 0 Å². The molecule has 1 saturated heterocycles. The van der Waals surface area contributed by atoms with E-state index in [9.17, 15) is 0 Å². The summed E-state index contributed by atoms with van der Waals surface area (Å²) in [5, 5.41) is 0. The first-order valence-corrected chi connectivity index (χ1v) is 7.31. The van der Waals surface area contributed by atoms with Crippen molar-refractivity contribution in [2.24, 2.45) is 0 Å². The Morgan fingerprint density at radius 2 is 1.79 bits per heavy atom. The van der Waals surface area contributed by atoms with Crippen LogP contribution in [0.1, 0.15) is 38.5 Å². The van der Waals surface area contributed by atoms with Gasteiger partial charge >= 0.3 is 0 Å². The molecular formula is C14H28O5. The van der Waals surface area contributed by atoms with Gasteiger partial charge in [-0.15, -0.1) is 0 Å². The number of unbranched alkanes of at least 4 members (excludes halogenated alkanes) is 2. The quantitative estimate of drug-likeness (QED) is 0.404. The average Bonchev–Trinajstić information content (AvgIpc) is 2.46. The number of ether oxygens (including phenoxy) is 5. The van der Waals surface area contributed by atoms with Crippen LogP contribution in [0.5, 0.6) is 0 Å². The van der Waals surface area contributed by atoms with E-state index in [4.69, 9.17) is 23.7 Å². The van der Waals surface area contributed by atoms with E-state index in [2.05, 4.69) is 0 Å². The minimum Gasteiger partial charge on any atom is -0.382 e. The molecular weight excluding hydrogens is 248 g/mol. The maximum absolute atomic E-state index is 5.65. The Morgan fingerprint density at radius 1 is 0.947 bits per heavy atom. The molecule has 19 heavy (non-hydrogen) atoms. The molecule has 5 heteroatoms. The number of hydrogen-bond acceptors (Lipinski definition) is 5. The Kier molecular flexibility index (Phi) is 11.4. The number of methoxy groups -OCH3 is 1. The van der Waals surface area contributed by atoms with Crippen molar-refractivity contribution < 1.29 is 23.7 Å². The zero-order valence-electron chi connectivity index (χ0n) is 12.1. The van der Waals surface area contributed by atoms with Crippen LogP contribution >= 0.6 is 0 Å². The van der Waals surface area contributed by atoms with Crippen molar-refractivity contribution in [2.75, 3.05) is 46.9 Å². The van der Waals surface area contributed by atoms with Gasteiger partial charge in [0.25, 0.3) is 0 Å². The van der Waals surface area contributed by atoms with Gasteiger partial charge in [-0.2, -0.15) is 0 Å². The van der Waals surface area contributed by atoms with Gasteiger partial charge in [0, 0.05) is 26.9 Å². The molecule has 0 aromatic carbocycles. The Bertz CT molecular complexity index is 183. The fourth-order valence-electron chi connectivity index (χ4n) is 1.86. The van der Waals surface area contributed by atoms with E-state index in [1.807, 2.05) is 0 Å². The van der Waals surface area contributed by atoms with Crippen molar-refractivity contribution in [1.82, 2.24) is 0 Å². The van der Waals surface area contributed by atoms with Gasteiger partial charge in [-0.25, -0.2) is 0 Å². The second-order valence-corrected chi connectivity index (χ2v) is 4.65. The predicted octanol–water partition coefficient (Wildman–Crippen LogP) is 2.34.